The average molecular weight is 388 g/mol. The molecule has 0 aliphatic heterocycles. The van der Waals surface area contributed by atoms with Gasteiger partial charge in [-0.05, 0) is 40.2 Å². The lowest BCUT2D eigenvalue weighted by atomic mass is 10.2. The molecule has 96 valence electrons. The standard InChI is InChI=1S/C13H6Br2F2N2/c14-8-2-1-6(16)3-7(8)13-18-11-4-9(15)10(17)5-12(11)19-13/h1-5H,(H,18,19). The summed E-state index contributed by atoms with van der Waals surface area (Å²) in [5, 5.41) is 0. The van der Waals surface area contributed by atoms with Crippen LogP contribution in [-0.2, 0) is 0 Å². The first kappa shape index (κ1) is 12.7. The van der Waals surface area contributed by atoms with E-state index in [2.05, 4.69) is 41.8 Å². The highest BCUT2D eigenvalue weighted by atomic mass is 79.9. The molecule has 2 aromatic carbocycles. The molecule has 19 heavy (non-hydrogen) atoms. The van der Waals surface area contributed by atoms with Crippen LogP contribution in [0.25, 0.3) is 22.4 Å². The molecule has 0 aliphatic carbocycles. The van der Waals surface area contributed by atoms with E-state index in [9.17, 15) is 8.78 Å². The first-order valence-corrected chi connectivity index (χ1v) is 6.93. The molecule has 0 fully saturated rings. The molecule has 0 spiro atoms. The second kappa shape index (κ2) is 4.68. The summed E-state index contributed by atoms with van der Waals surface area (Å²) in [4.78, 5) is 7.32. The first-order valence-electron chi connectivity index (χ1n) is 5.35. The second-order valence-electron chi connectivity index (χ2n) is 3.99. The topological polar surface area (TPSA) is 28.7 Å². The molecule has 2 nitrogen and oxygen atoms in total. The van der Waals surface area contributed by atoms with Gasteiger partial charge in [-0.1, -0.05) is 15.9 Å². The maximum atomic E-state index is 13.4. The molecule has 1 aromatic heterocycles. The fourth-order valence-corrected chi connectivity index (χ4v) is 2.58. The Hall–Kier alpha value is -1.27. The SMILES string of the molecule is Fc1ccc(Br)c(-c2nc3cc(Br)c(F)cc3[nH]2)c1. The summed E-state index contributed by atoms with van der Waals surface area (Å²) in [5.74, 6) is -0.245. The Kier molecular flexibility index (Phi) is 3.14. The summed E-state index contributed by atoms with van der Waals surface area (Å²) in [6, 6.07) is 7.26. The highest BCUT2D eigenvalue weighted by Gasteiger charge is 2.11. The number of nitrogens with zero attached hydrogens (tertiary/aromatic N) is 1. The molecular weight excluding hydrogens is 382 g/mol. The number of fused-ring (bicyclic) bond motifs is 1. The minimum absolute atomic E-state index is 0.344. The maximum absolute atomic E-state index is 13.4. The van der Waals surface area contributed by atoms with Crippen LogP contribution in [0.2, 0.25) is 0 Å². The zero-order chi connectivity index (χ0) is 13.6. The minimum atomic E-state index is -0.374. The highest BCUT2D eigenvalue weighted by Crippen LogP contribution is 2.30. The summed E-state index contributed by atoms with van der Waals surface area (Å²) >= 11 is 6.45. The van der Waals surface area contributed by atoms with Gasteiger partial charge in [-0.15, -0.1) is 0 Å². The molecule has 1 heterocycles. The second-order valence-corrected chi connectivity index (χ2v) is 5.70. The van der Waals surface area contributed by atoms with Gasteiger partial charge >= 0.3 is 0 Å². The summed E-state index contributed by atoms with van der Waals surface area (Å²) in [7, 11) is 0. The molecule has 1 N–H and O–H groups in total. The summed E-state index contributed by atoms with van der Waals surface area (Å²) in [6.07, 6.45) is 0. The van der Waals surface area contributed by atoms with Crippen molar-refractivity contribution in [3.8, 4) is 11.4 Å². The normalized spacial score (nSPS) is 11.2. The van der Waals surface area contributed by atoms with Crippen molar-refractivity contribution in [3.05, 3.63) is 50.9 Å². The van der Waals surface area contributed by atoms with Crippen LogP contribution in [0.5, 0.6) is 0 Å². The number of hydrogen-bond donors (Lipinski definition) is 1. The van der Waals surface area contributed by atoms with Crippen molar-refractivity contribution in [1.82, 2.24) is 9.97 Å². The number of benzene rings is 2. The van der Waals surface area contributed by atoms with Gasteiger partial charge in [0.05, 0.1) is 15.5 Å². The van der Waals surface area contributed by atoms with E-state index in [1.54, 1.807) is 12.1 Å². The number of hydrogen-bond acceptors (Lipinski definition) is 1. The average Bonchev–Trinajstić information content (AvgIpc) is 2.75. The van der Waals surface area contributed by atoms with E-state index in [4.69, 9.17) is 0 Å². The third-order valence-electron chi connectivity index (χ3n) is 2.71. The number of rotatable bonds is 1. The van der Waals surface area contributed by atoms with E-state index in [0.29, 0.717) is 31.4 Å². The molecule has 0 amide bonds. The van der Waals surface area contributed by atoms with Gasteiger partial charge in [0.1, 0.15) is 17.5 Å². The Morgan fingerprint density at radius 2 is 1.79 bits per heavy atom. The van der Waals surface area contributed by atoms with Crippen molar-refractivity contribution in [2.24, 2.45) is 0 Å². The van der Waals surface area contributed by atoms with Crippen molar-refractivity contribution in [2.75, 3.05) is 0 Å². The van der Waals surface area contributed by atoms with E-state index >= 15 is 0 Å². The van der Waals surface area contributed by atoms with E-state index in [0.717, 1.165) is 0 Å². The van der Waals surface area contributed by atoms with Crippen molar-refractivity contribution < 1.29 is 8.78 Å². The molecule has 0 saturated heterocycles. The van der Waals surface area contributed by atoms with E-state index in [1.807, 2.05) is 0 Å². The monoisotopic (exact) mass is 386 g/mol. The quantitative estimate of drug-likeness (QED) is 0.623. The lowest BCUT2D eigenvalue weighted by molar-refractivity contribution is 0.623. The Bertz CT molecular complexity index is 745. The zero-order valence-electron chi connectivity index (χ0n) is 9.35. The largest absolute Gasteiger partial charge is 0.338 e. The van der Waals surface area contributed by atoms with E-state index < -0.39 is 0 Å². The van der Waals surface area contributed by atoms with Crippen LogP contribution in [0.3, 0.4) is 0 Å². The van der Waals surface area contributed by atoms with Crippen molar-refractivity contribution in [2.45, 2.75) is 0 Å². The molecule has 3 rings (SSSR count). The molecule has 3 aromatic rings. The summed E-state index contributed by atoms with van der Waals surface area (Å²) in [5.41, 5.74) is 1.76. The predicted octanol–water partition coefficient (Wildman–Crippen LogP) is 5.03. The van der Waals surface area contributed by atoms with Crippen molar-refractivity contribution in [1.29, 1.82) is 0 Å². The Morgan fingerprint density at radius 1 is 1.00 bits per heavy atom. The Labute approximate surface area is 124 Å². The Balaban J connectivity index is 2.23. The van der Waals surface area contributed by atoms with Crippen LogP contribution >= 0.6 is 31.9 Å². The molecule has 0 radical (unpaired) electrons. The van der Waals surface area contributed by atoms with Crippen molar-refractivity contribution >= 4 is 42.9 Å². The van der Waals surface area contributed by atoms with Gasteiger partial charge in [0.25, 0.3) is 0 Å². The van der Waals surface area contributed by atoms with Crippen LogP contribution in [0.1, 0.15) is 0 Å². The Morgan fingerprint density at radius 3 is 2.58 bits per heavy atom. The third kappa shape index (κ3) is 2.30. The number of nitrogens with one attached hydrogen (secondary N) is 1. The van der Waals surface area contributed by atoms with Crippen LogP contribution in [-0.4, -0.2) is 9.97 Å². The van der Waals surface area contributed by atoms with Gasteiger partial charge in [0, 0.05) is 16.1 Å². The molecule has 0 unspecified atom stereocenters. The van der Waals surface area contributed by atoms with Crippen LogP contribution in [0, 0.1) is 11.6 Å². The van der Waals surface area contributed by atoms with Crippen LogP contribution in [0.15, 0.2) is 39.3 Å². The zero-order valence-corrected chi connectivity index (χ0v) is 12.5. The fraction of sp³-hybridized carbons (Fsp3) is 0. The van der Waals surface area contributed by atoms with E-state index in [-0.39, 0.29) is 11.6 Å². The maximum Gasteiger partial charge on any atom is 0.139 e. The van der Waals surface area contributed by atoms with Gasteiger partial charge < -0.3 is 4.98 Å². The van der Waals surface area contributed by atoms with Crippen molar-refractivity contribution in [3.63, 3.8) is 0 Å². The molecule has 0 saturated carbocycles. The molecule has 6 heteroatoms. The molecule has 0 atom stereocenters. The first-order chi connectivity index (χ1) is 9.04. The fourth-order valence-electron chi connectivity index (χ4n) is 1.81. The minimum Gasteiger partial charge on any atom is -0.338 e. The smallest absolute Gasteiger partial charge is 0.139 e. The number of halogens is 4. The van der Waals surface area contributed by atoms with Crippen LogP contribution in [0.4, 0.5) is 8.78 Å². The lowest BCUT2D eigenvalue weighted by Crippen LogP contribution is -1.84. The van der Waals surface area contributed by atoms with Crippen LogP contribution < -0.4 is 0 Å². The molecular formula is C13H6Br2F2N2. The highest BCUT2D eigenvalue weighted by molar-refractivity contribution is 9.10. The lowest BCUT2D eigenvalue weighted by Gasteiger charge is -2.00. The third-order valence-corrected chi connectivity index (χ3v) is 4.01. The van der Waals surface area contributed by atoms with Gasteiger partial charge in [-0.25, -0.2) is 13.8 Å². The molecule has 0 bridgehead atoms. The summed E-state index contributed by atoms with van der Waals surface area (Å²) < 4.78 is 27.8. The van der Waals surface area contributed by atoms with Gasteiger partial charge in [-0.2, -0.15) is 0 Å². The van der Waals surface area contributed by atoms with E-state index in [1.165, 1.54) is 18.2 Å². The number of aromatic nitrogens is 2. The predicted molar refractivity (Wildman–Crippen MR) is 76.8 cm³/mol. The molecule has 0 aliphatic rings. The van der Waals surface area contributed by atoms with Gasteiger partial charge in [0.15, 0.2) is 0 Å². The van der Waals surface area contributed by atoms with Gasteiger partial charge in [-0.3, -0.25) is 0 Å². The number of aromatic amines is 1. The number of imidazole rings is 1. The summed E-state index contributed by atoms with van der Waals surface area (Å²) in [6.45, 7) is 0. The number of H-pyrrole nitrogens is 1. The van der Waals surface area contributed by atoms with Gasteiger partial charge in [0.2, 0.25) is 0 Å².